The summed E-state index contributed by atoms with van der Waals surface area (Å²) in [7, 11) is 1.89. The average Bonchev–Trinajstić information content (AvgIpc) is 2.96. The van der Waals surface area contributed by atoms with E-state index in [2.05, 4.69) is 33.3 Å². The molecule has 124 valence electrons. The number of hydrogen-bond donors (Lipinski definition) is 2. The maximum absolute atomic E-state index is 11.0. The lowest BCUT2D eigenvalue weighted by atomic mass is 10.1. The Morgan fingerprint density at radius 3 is 3.26 bits per heavy atom. The van der Waals surface area contributed by atoms with Gasteiger partial charge in [-0.1, -0.05) is 18.2 Å². The second-order valence-corrected chi connectivity index (χ2v) is 6.14. The molecule has 3 N–H and O–H groups in total. The summed E-state index contributed by atoms with van der Waals surface area (Å²) in [6, 6.07) is 6.25. The Hall–Kier alpha value is -1.96. The van der Waals surface area contributed by atoms with Crippen LogP contribution >= 0.6 is 0 Å². The highest BCUT2D eigenvalue weighted by Crippen LogP contribution is 2.18. The molecule has 0 unspecified atom stereocenters. The topological polar surface area (TPSA) is 87.5 Å². The smallest absolute Gasteiger partial charge is 0.231 e. The van der Waals surface area contributed by atoms with E-state index in [0.717, 1.165) is 30.5 Å². The first kappa shape index (κ1) is 15.9. The molecule has 1 aromatic heterocycles. The van der Waals surface area contributed by atoms with E-state index >= 15 is 0 Å². The number of H-pyrrole nitrogens is 1. The number of carbonyl (C=O) groups is 1. The lowest BCUT2D eigenvalue weighted by Gasteiger charge is -2.34. The highest BCUT2D eigenvalue weighted by Gasteiger charge is 2.22. The van der Waals surface area contributed by atoms with Crippen LogP contribution in [-0.2, 0) is 16.1 Å². The number of carbonyl (C=O) groups excluding carboxylic acids is 1. The van der Waals surface area contributed by atoms with Crippen molar-refractivity contribution in [3.63, 3.8) is 0 Å². The summed E-state index contributed by atoms with van der Waals surface area (Å²) in [6.07, 6.45) is 1.94. The van der Waals surface area contributed by atoms with Gasteiger partial charge in [0.25, 0.3) is 0 Å². The fraction of sp³-hybridized carbons (Fsp3) is 0.500. The lowest BCUT2D eigenvalue weighted by molar-refractivity contribution is -0.119. The summed E-state index contributed by atoms with van der Waals surface area (Å²) < 4.78 is 5.81. The second kappa shape index (κ2) is 7.08. The number of fused-ring (bicyclic) bond motifs is 1. The van der Waals surface area contributed by atoms with Crippen LogP contribution in [0.3, 0.4) is 0 Å². The van der Waals surface area contributed by atoms with E-state index in [1.54, 1.807) is 0 Å². The van der Waals surface area contributed by atoms with Crippen molar-refractivity contribution in [1.29, 1.82) is 0 Å². The quantitative estimate of drug-likeness (QED) is 0.794. The van der Waals surface area contributed by atoms with Crippen LogP contribution in [0.4, 0.5) is 0 Å². The second-order valence-electron chi connectivity index (χ2n) is 6.14. The number of amides is 1. The molecule has 1 saturated heterocycles. The number of nitrogens with zero attached hydrogens (tertiary/aromatic N) is 3. The van der Waals surface area contributed by atoms with Crippen LogP contribution in [0.2, 0.25) is 0 Å². The first-order chi connectivity index (χ1) is 11.1. The largest absolute Gasteiger partial charge is 0.374 e. The molecular formula is C16H23N5O2. The molecule has 1 aliphatic rings. The van der Waals surface area contributed by atoms with Gasteiger partial charge in [-0.3, -0.25) is 19.7 Å². The highest BCUT2D eigenvalue weighted by atomic mass is 16.5. The lowest BCUT2D eigenvalue weighted by Crippen LogP contribution is -2.47. The third-order valence-electron chi connectivity index (χ3n) is 4.12. The normalized spacial score (nSPS) is 19.5. The fourth-order valence-corrected chi connectivity index (χ4v) is 3.12. The van der Waals surface area contributed by atoms with Crippen molar-refractivity contribution in [1.82, 2.24) is 20.0 Å². The van der Waals surface area contributed by atoms with Crippen molar-refractivity contribution in [2.75, 3.05) is 39.8 Å². The van der Waals surface area contributed by atoms with Crippen LogP contribution in [0.15, 0.2) is 24.4 Å². The van der Waals surface area contributed by atoms with Crippen molar-refractivity contribution >= 4 is 16.8 Å². The molecule has 0 bridgehead atoms. The standard InChI is InChI=1S/C16H23N5O2/c1-20(11-15(17)22)9-14-10-21(5-6-23-14)8-13-4-2-3-12-7-18-19-16(12)13/h2-4,7,14H,5-6,8-11H2,1H3,(H2,17,22)(H,18,19)/t14-/m0/s1. The number of para-hydroxylation sites is 1. The summed E-state index contributed by atoms with van der Waals surface area (Å²) in [5.41, 5.74) is 7.57. The zero-order chi connectivity index (χ0) is 16.2. The van der Waals surface area contributed by atoms with E-state index in [9.17, 15) is 4.79 Å². The number of hydrogen-bond acceptors (Lipinski definition) is 5. The number of nitrogens with two attached hydrogens (primary N) is 1. The number of likely N-dealkylation sites (N-methyl/N-ethyl adjacent to an activating group) is 1. The third kappa shape index (κ3) is 4.07. The van der Waals surface area contributed by atoms with Gasteiger partial charge in [0.1, 0.15) is 0 Å². The number of aromatic amines is 1. The minimum absolute atomic E-state index is 0.0917. The van der Waals surface area contributed by atoms with E-state index in [4.69, 9.17) is 10.5 Å². The molecule has 23 heavy (non-hydrogen) atoms. The molecule has 0 radical (unpaired) electrons. The molecule has 2 heterocycles. The van der Waals surface area contributed by atoms with Crippen LogP contribution in [0.25, 0.3) is 10.9 Å². The van der Waals surface area contributed by atoms with E-state index in [1.165, 1.54) is 5.56 Å². The van der Waals surface area contributed by atoms with Gasteiger partial charge in [-0.25, -0.2) is 0 Å². The van der Waals surface area contributed by atoms with Gasteiger partial charge in [-0.05, 0) is 12.6 Å². The number of primary amides is 1. The molecule has 0 saturated carbocycles. The van der Waals surface area contributed by atoms with Crippen molar-refractivity contribution in [3.8, 4) is 0 Å². The molecular weight excluding hydrogens is 294 g/mol. The van der Waals surface area contributed by atoms with Gasteiger partial charge in [0, 0.05) is 31.6 Å². The van der Waals surface area contributed by atoms with Crippen LogP contribution in [0, 0.1) is 0 Å². The third-order valence-corrected chi connectivity index (χ3v) is 4.12. The summed E-state index contributed by atoms with van der Waals surface area (Å²) >= 11 is 0. The predicted octanol–water partition coefficient (Wildman–Crippen LogP) is 0.181. The number of rotatable bonds is 6. The molecule has 7 nitrogen and oxygen atoms in total. The molecule has 3 rings (SSSR count). The Kier molecular flexibility index (Phi) is 4.90. The van der Waals surface area contributed by atoms with Gasteiger partial charge < -0.3 is 10.5 Å². The van der Waals surface area contributed by atoms with Crippen molar-refractivity contribution in [3.05, 3.63) is 30.0 Å². The molecule has 7 heteroatoms. The van der Waals surface area contributed by atoms with E-state index < -0.39 is 0 Å². The zero-order valence-corrected chi connectivity index (χ0v) is 13.4. The van der Waals surface area contributed by atoms with Crippen molar-refractivity contribution in [2.24, 2.45) is 5.73 Å². The molecule has 0 spiro atoms. The SMILES string of the molecule is CN(CC(N)=O)C[C@H]1CN(Cc2cccc3cn[nH]c23)CCO1. The molecule has 2 aromatic rings. The average molecular weight is 317 g/mol. The summed E-state index contributed by atoms with van der Waals surface area (Å²) in [5, 5.41) is 8.33. The number of ether oxygens (including phenoxy) is 1. The monoisotopic (exact) mass is 317 g/mol. The minimum atomic E-state index is -0.314. The van der Waals surface area contributed by atoms with Crippen molar-refractivity contribution in [2.45, 2.75) is 12.6 Å². The van der Waals surface area contributed by atoms with Gasteiger partial charge in [-0.2, -0.15) is 5.10 Å². The van der Waals surface area contributed by atoms with Gasteiger partial charge in [-0.15, -0.1) is 0 Å². The van der Waals surface area contributed by atoms with E-state index in [0.29, 0.717) is 13.2 Å². The summed E-state index contributed by atoms with van der Waals surface area (Å²) in [5.74, 6) is -0.314. The number of morpholine rings is 1. The molecule has 0 aliphatic carbocycles. The van der Waals surface area contributed by atoms with Gasteiger partial charge in [0.05, 0.1) is 31.0 Å². The Labute approximate surface area is 135 Å². The van der Waals surface area contributed by atoms with Crippen LogP contribution in [-0.4, -0.2) is 71.8 Å². The van der Waals surface area contributed by atoms with Gasteiger partial charge in [0.15, 0.2) is 0 Å². The first-order valence-electron chi connectivity index (χ1n) is 7.83. The fourth-order valence-electron chi connectivity index (χ4n) is 3.12. The Balaban J connectivity index is 1.60. The Morgan fingerprint density at radius 1 is 1.57 bits per heavy atom. The first-order valence-corrected chi connectivity index (χ1v) is 7.83. The van der Waals surface area contributed by atoms with Gasteiger partial charge >= 0.3 is 0 Å². The van der Waals surface area contributed by atoms with Crippen LogP contribution in [0.1, 0.15) is 5.56 Å². The van der Waals surface area contributed by atoms with Gasteiger partial charge in [0.2, 0.25) is 5.91 Å². The van der Waals surface area contributed by atoms with Crippen molar-refractivity contribution < 1.29 is 9.53 Å². The minimum Gasteiger partial charge on any atom is -0.374 e. The molecule has 1 aromatic carbocycles. The highest BCUT2D eigenvalue weighted by molar-refractivity contribution is 5.81. The van der Waals surface area contributed by atoms with Crippen LogP contribution < -0.4 is 5.73 Å². The molecule has 1 amide bonds. The van der Waals surface area contributed by atoms with Crippen LogP contribution in [0.5, 0.6) is 0 Å². The Morgan fingerprint density at radius 2 is 2.43 bits per heavy atom. The summed E-state index contributed by atoms with van der Waals surface area (Å²) in [4.78, 5) is 15.3. The number of benzene rings is 1. The van der Waals surface area contributed by atoms with E-state index in [1.807, 2.05) is 18.1 Å². The zero-order valence-electron chi connectivity index (χ0n) is 13.4. The maximum atomic E-state index is 11.0. The molecule has 1 aliphatic heterocycles. The maximum Gasteiger partial charge on any atom is 0.231 e. The van der Waals surface area contributed by atoms with E-state index in [-0.39, 0.29) is 18.6 Å². The predicted molar refractivity (Wildman–Crippen MR) is 87.8 cm³/mol. The number of aromatic nitrogens is 2. The molecule has 1 atom stereocenters. The summed E-state index contributed by atoms with van der Waals surface area (Å²) in [6.45, 7) is 4.27. The molecule has 1 fully saturated rings. The Bertz CT molecular complexity index is 671. The number of nitrogens with one attached hydrogen (secondary N) is 1.